The molecular formula is C24H27N3O5. The van der Waals surface area contributed by atoms with Crippen LogP contribution >= 0.6 is 0 Å². The molecule has 0 saturated heterocycles. The van der Waals surface area contributed by atoms with Crippen molar-refractivity contribution < 1.29 is 24.1 Å². The van der Waals surface area contributed by atoms with E-state index < -0.39 is 0 Å². The Balaban J connectivity index is 1.89. The number of hydrogen-bond acceptors (Lipinski definition) is 7. The lowest BCUT2D eigenvalue weighted by Gasteiger charge is -2.17. The molecule has 0 fully saturated rings. The zero-order chi connectivity index (χ0) is 22.9. The fourth-order valence-electron chi connectivity index (χ4n) is 3.00. The number of ether oxygens (including phenoxy) is 3. The summed E-state index contributed by atoms with van der Waals surface area (Å²) in [7, 11) is 0. The molecule has 3 rings (SSSR count). The number of phenolic OH excluding ortho intramolecular Hbond substituents is 1. The van der Waals surface area contributed by atoms with Gasteiger partial charge in [-0.1, -0.05) is 0 Å². The number of anilines is 3. The lowest BCUT2D eigenvalue weighted by Crippen LogP contribution is -2.14. The van der Waals surface area contributed by atoms with E-state index in [1.54, 1.807) is 54.7 Å². The smallest absolute Gasteiger partial charge is 0.256 e. The van der Waals surface area contributed by atoms with E-state index in [9.17, 15) is 9.90 Å². The predicted molar refractivity (Wildman–Crippen MR) is 124 cm³/mol. The fourth-order valence-corrected chi connectivity index (χ4v) is 3.00. The minimum absolute atomic E-state index is 0.163. The highest BCUT2D eigenvalue weighted by atomic mass is 16.5. The molecule has 0 radical (unpaired) electrons. The lowest BCUT2D eigenvalue weighted by atomic mass is 10.1. The van der Waals surface area contributed by atoms with Gasteiger partial charge in [-0.05, 0) is 69.3 Å². The molecule has 0 bridgehead atoms. The summed E-state index contributed by atoms with van der Waals surface area (Å²) >= 11 is 0. The van der Waals surface area contributed by atoms with Crippen LogP contribution in [0.15, 0.2) is 54.7 Å². The van der Waals surface area contributed by atoms with Crippen molar-refractivity contribution in [2.45, 2.75) is 20.8 Å². The normalized spacial score (nSPS) is 10.3. The third-order valence-electron chi connectivity index (χ3n) is 4.36. The number of amides is 1. The van der Waals surface area contributed by atoms with Crippen molar-refractivity contribution in [2.24, 2.45) is 0 Å². The Morgan fingerprint density at radius 3 is 2.16 bits per heavy atom. The Bertz CT molecular complexity index is 1030. The first-order valence-electron chi connectivity index (χ1n) is 10.4. The number of hydrogen-bond donors (Lipinski definition) is 3. The van der Waals surface area contributed by atoms with Crippen molar-refractivity contribution in [3.05, 3.63) is 60.3 Å². The molecule has 3 N–H and O–H groups in total. The summed E-state index contributed by atoms with van der Waals surface area (Å²) in [6.45, 7) is 6.87. The maximum atomic E-state index is 13.1. The van der Waals surface area contributed by atoms with Crippen LogP contribution in [0.4, 0.5) is 17.2 Å². The van der Waals surface area contributed by atoms with Crippen molar-refractivity contribution >= 4 is 23.1 Å². The number of nitrogens with zero attached hydrogens (tertiary/aromatic N) is 1. The van der Waals surface area contributed by atoms with Crippen LogP contribution in [0.1, 0.15) is 31.1 Å². The minimum atomic E-state index is -0.350. The van der Waals surface area contributed by atoms with E-state index in [1.165, 1.54) is 0 Å². The van der Waals surface area contributed by atoms with E-state index in [1.807, 2.05) is 20.8 Å². The third kappa shape index (κ3) is 5.60. The van der Waals surface area contributed by atoms with E-state index >= 15 is 0 Å². The molecule has 8 nitrogen and oxygen atoms in total. The maximum absolute atomic E-state index is 13.1. The van der Waals surface area contributed by atoms with Gasteiger partial charge in [0.05, 0.1) is 25.5 Å². The lowest BCUT2D eigenvalue weighted by molar-refractivity contribution is 0.102. The molecule has 0 aliphatic heterocycles. The van der Waals surface area contributed by atoms with Gasteiger partial charge in [-0.2, -0.15) is 0 Å². The van der Waals surface area contributed by atoms with Gasteiger partial charge in [-0.25, -0.2) is 4.98 Å². The standard InChI is InChI=1S/C24H27N3O5/c1-4-30-20-14-16(15-21(31-5-2)22(20)32-6-3)24(29)27-19-8-7-13-25-23(19)26-17-9-11-18(28)12-10-17/h7-15,28H,4-6H2,1-3H3,(H,25,26)(H,27,29). The fraction of sp³-hybridized carbons (Fsp3) is 0.250. The van der Waals surface area contributed by atoms with Crippen LogP contribution in [-0.4, -0.2) is 35.8 Å². The van der Waals surface area contributed by atoms with E-state index in [4.69, 9.17) is 14.2 Å². The molecule has 0 saturated carbocycles. The quantitative estimate of drug-likeness (QED) is 0.385. The number of phenols is 1. The van der Waals surface area contributed by atoms with Crippen molar-refractivity contribution in [1.29, 1.82) is 0 Å². The van der Waals surface area contributed by atoms with Crippen molar-refractivity contribution in [3.63, 3.8) is 0 Å². The molecule has 1 heterocycles. The van der Waals surface area contributed by atoms with Gasteiger partial charge >= 0.3 is 0 Å². The summed E-state index contributed by atoms with van der Waals surface area (Å²) in [5.41, 5.74) is 1.57. The Labute approximate surface area is 187 Å². The van der Waals surface area contributed by atoms with Crippen LogP contribution in [0, 0.1) is 0 Å². The van der Waals surface area contributed by atoms with Crippen LogP contribution in [0.25, 0.3) is 0 Å². The molecule has 2 aromatic carbocycles. The molecule has 3 aromatic rings. The van der Waals surface area contributed by atoms with Gasteiger partial charge in [0.1, 0.15) is 5.75 Å². The van der Waals surface area contributed by atoms with Crippen molar-refractivity contribution in [1.82, 2.24) is 4.98 Å². The number of nitrogens with one attached hydrogen (secondary N) is 2. The summed E-state index contributed by atoms with van der Waals surface area (Å²) in [5, 5.41) is 15.5. The first-order valence-corrected chi connectivity index (χ1v) is 10.4. The van der Waals surface area contributed by atoms with Crippen molar-refractivity contribution in [3.8, 4) is 23.0 Å². The molecule has 168 valence electrons. The van der Waals surface area contributed by atoms with E-state index in [0.717, 1.165) is 5.69 Å². The summed E-state index contributed by atoms with van der Waals surface area (Å²) in [4.78, 5) is 17.4. The second-order valence-corrected chi connectivity index (χ2v) is 6.63. The number of carbonyl (C=O) groups excluding carboxylic acids is 1. The van der Waals surface area contributed by atoms with Gasteiger partial charge < -0.3 is 30.0 Å². The highest BCUT2D eigenvalue weighted by Gasteiger charge is 2.19. The Kier molecular flexibility index (Phi) is 7.75. The summed E-state index contributed by atoms with van der Waals surface area (Å²) < 4.78 is 17.1. The third-order valence-corrected chi connectivity index (χ3v) is 4.36. The topological polar surface area (TPSA) is 102 Å². The number of aromatic hydroxyl groups is 1. The average Bonchev–Trinajstić information content (AvgIpc) is 2.79. The zero-order valence-electron chi connectivity index (χ0n) is 18.3. The predicted octanol–water partition coefficient (Wildman–Crippen LogP) is 4.98. The van der Waals surface area contributed by atoms with E-state index in [-0.39, 0.29) is 11.7 Å². The van der Waals surface area contributed by atoms with Gasteiger partial charge in [-0.3, -0.25) is 4.79 Å². The average molecular weight is 437 g/mol. The van der Waals surface area contributed by atoms with Crippen LogP contribution in [0.2, 0.25) is 0 Å². The molecule has 0 atom stereocenters. The Morgan fingerprint density at radius 1 is 0.938 bits per heavy atom. The van der Waals surface area contributed by atoms with Crippen LogP contribution in [-0.2, 0) is 0 Å². The molecule has 32 heavy (non-hydrogen) atoms. The number of benzene rings is 2. The Hall–Kier alpha value is -3.94. The van der Waals surface area contributed by atoms with E-state index in [2.05, 4.69) is 15.6 Å². The second kappa shape index (κ2) is 10.9. The SMILES string of the molecule is CCOc1cc(C(=O)Nc2cccnc2Nc2ccc(O)cc2)cc(OCC)c1OCC. The molecule has 0 spiro atoms. The van der Waals surface area contributed by atoms with E-state index in [0.29, 0.717) is 54.1 Å². The molecule has 1 amide bonds. The van der Waals surface area contributed by atoms with Gasteiger partial charge in [0.25, 0.3) is 5.91 Å². The summed E-state index contributed by atoms with van der Waals surface area (Å²) in [5.74, 6) is 1.64. The summed E-state index contributed by atoms with van der Waals surface area (Å²) in [6, 6.07) is 13.3. The van der Waals surface area contributed by atoms with Gasteiger partial charge in [-0.15, -0.1) is 0 Å². The maximum Gasteiger partial charge on any atom is 0.256 e. The number of rotatable bonds is 10. The number of aromatic nitrogens is 1. The molecule has 1 aromatic heterocycles. The molecule has 0 aliphatic rings. The van der Waals surface area contributed by atoms with Gasteiger partial charge in [0.15, 0.2) is 17.3 Å². The molecule has 0 unspecified atom stereocenters. The summed E-state index contributed by atoms with van der Waals surface area (Å²) in [6.07, 6.45) is 1.62. The van der Waals surface area contributed by atoms with Crippen LogP contribution in [0.3, 0.4) is 0 Å². The monoisotopic (exact) mass is 437 g/mol. The van der Waals surface area contributed by atoms with Gasteiger partial charge in [0, 0.05) is 17.4 Å². The highest BCUT2D eigenvalue weighted by molar-refractivity contribution is 6.06. The minimum Gasteiger partial charge on any atom is -0.508 e. The second-order valence-electron chi connectivity index (χ2n) is 6.63. The first-order chi connectivity index (χ1) is 15.5. The molecular weight excluding hydrogens is 410 g/mol. The molecule has 8 heteroatoms. The van der Waals surface area contributed by atoms with Crippen LogP contribution < -0.4 is 24.8 Å². The van der Waals surface area contributed by atoms with Crippen LogP contribution in [0.5, 0.6) is 23.0 Å². The van der Waals surface area contributed by atoms with Gasteiger partial charge in [0.2, 0.25) is 5.75 Å². The highest BCUT2D eigenvalue weighted by Crippen LogP contribution is 2.39. The largest absolute Gasteiger partial charge is 0.508 e. The number of carbonyl (C=O) groups is 1. The Morgan fingerprint density at radius 2 is 1.56 bits per heavy atom. The first kappa shape index (κ1) is 22.7. The molecule has 0 aliphatic carbocycles. The number of pyridine rings is 1. The van der Waals surface area contributed by atoms with Crippen molar-refractivity contribution in [2.75, 3.05) is 30.5 Å². The zero-order valence-corrected chi connectivity index (χ0v) is 18.3.